The Morgan fingerprint density at radius 1 is 1.22 bits per heavy atom. The molecule has 3 N–H and O–H groups in total. The van der Waals surface area contributed by atoms with Crippen molar-refractivity contribution in [2.75, 3.05) is 11.1 Å². The fraction of sp³-hybridized carbons (Fsp3) is 0.133. The van der Waals surface area contributed by atoms with Crippen LogP contribution in [0.3, 0.4) is 0 Å². The summed E-state index contributed by atoms with van der Waals surface area (Å²) in [5.74, 6) is 0. The van der Waals surface area contributed by atoms with Crippen molar-refractivity contribution in [3.05, 3.63) is 53.6 Å². The second-order valence-corrected chi connectivity index (χ2v) is 4.19. The van der Waals surface area contributed by atoms with E-state index >= 15 is 0 Å². The number of benzene rings is 2. The first-order valence-corrected chi connectivity index (χ1v) is 5.78. The molecule has 0 aliphatic rings. The van der Waals surface area contributed by atoms with E-state index in [2.05, 4.69) is 24.4 Å². The lowest BCUT2D eigenvalue weighted by molar-refractivity contribution is 1.26. The number of rotatable bonds is 3. The first-order valence-electron chi connectivity index (χ1n) is 5.78. The summed E-state index contributed by atoms with van der Waals surface area (Å²) in [6, 6.07) is 15.9. The van der Waals surface area contributed by atoms with Crippen LogP contribution in [-0.2, 0) is 6.42 Å². The van der Waals surface area contributed by atoms with Gasteiger partial charge in [-0.15, -0.1) is 0 Å². The minimum Gasteiger partial charge on any atom is -0.398 e. The van der Waals surface area contributed by atoms with Gasteiger partial charge in [-0.3, -0.25) is 0 Å². The van der Waals surface area contributed by atoms with Gasteiger partial charge in [-0.1, -0.05) is 18.2 Å². The molecule has 2 rings (SSSR count). The van der Waals surface area contributed by atoms with Crippen molar-refractivity contribution in [2.45, 2.75) is 13.3 Å². The number of anilines is 3. The van der Waals surface area contributed by atoms with Crippen molar-refractivity contribution in [1.82, 2.24) is 0 Å². The number of hydrogen-bond acceptors (Lipinski definition) is 3. The molecule has 0 saturated carbocycles. The SMILES string of the molecule is Cc1ccccc1Nc1ccc(N)c(CC#N)c1. The summed E-state index contributed by atoms with van der Waals surface area (Å²) < 4.78 is 0. The Labute approximate surface area is 107 Å². The van der Waals surface area contributed by atoms with E-state index in [4.69, 9.17) is 11.0 Å². The van der Waals surface area contributed by atoms with E-state index in [1.807, 2.05) is 36.4 Å². The molecule has 0 bridgehead atoms. The summed E-state index contributed by atoms with van der Waals surface area (Å²) >= 11 is 0. The molecule has 90 valence electrons. The molecule has 0 amide bonds. The molecule has 2 aromatic rings. The van der Waals surface area contributed by atoms with E-state index in [0.29, 0.717) is 12.1 Å². The molecule has 0 saturated heterocycles. The maximum atomic E-state index is 8.74. The molecule has 0 atom stereocenters. The van der Waals surface area contributed by atoms with Crippen molar-refractivity contribution < 1.29 is 0 Å². The molecule has 18 heavy (non-hydrogen) atoms. The Balaban J connectivity index is 2.28. The molecule has 0 unspecified atom stereocenters. The Hall–Kier alpha value is -2.47. The fourth-order valence-electron chi connectivity index (χ4n) is 1.79. The van der Waals surface area contributed by atoms with Gasteiger partial charge < -0.3 is 11.1 Å². The molecule has 0 aromatic heterocycles. The minimum absolute atomic E-state index is 0.328. The van der Waals surface area contributed by atoms with Crippen LogP contribution >= 0.6 is 0 Å². The maximum Gasteiger partial charge on any atom is 0.0670 e. The third-order valence-electron chi connectivity index (χ3n) is 2.84. The predicted octanol–water partition coefficient (Wildman–Crippen LogP) is 3.39. The van der Waals surface area contributed by atoms with Gasteiger partial charge in [0.25, 0.3) is 0 Å². The summed E-state index contributed by atoms with van der Waals surface area (Å²) in [4.78, 5) is 0. The van der Waals surface area contributed by atoms with Crippen molar-refractivity contribution in [2.24, 2.45) is 0 Å². The second-order valence-electron chi connectivity index (χ2n) is 4.19. The first kappa shape index (κ1) is 12.0. The number of hydrogen-bond donors (Lipinski definition) is 2. The number of nitrogens with two attached hydrogens (primary N) is 1. The summed E-state index contributed by atoms with van der Waals surface area (Å²) in [6.07, 6.45) is 0.328. The topological polar surface area (TPSA) is 61.8 Å². The standard InChI is InChI=1S/C15H15N3/c1-11-4-2-3-5-15(11)18-13-6-7-14(17)12(10-13)8-9-16/h2-7,10,18H,8,17H2,1H3. The molecule has 0 spiro atoms. The van der Waals surface area contributed by atoms with Crippen molar-refractivity contribution in [3.63, 3.8) is 0 Å². The van der Waals surface area contributed by atoms with Gasteiger partial charge >= 0.3 is 0 Å². The predicted molar refractivity (Wildman–Crippen MR) is 74.6 cm³/mol. The Morgan fingerprint density at radius 3 is 2.72 bits per heavy atom. The molecule has 0 fully saturated rings. The average molecular weight is 237 g/mol. The number of para-hydroxylation sites is 1. The van der Waals surface area contributed by atoms with Gasteiger partial charge in [0.2, 0.25) is 0 Å². The minimum atomic E-state index is 0.328. The lowest BCUT2D eigenvalue weighted by Crippen LogP contribution is -1.97. The first-order chi connectivity index (χ1) is 8.70. The maximum absolute atomic E-state index is 8.74. The van der Waals surface area contributed by atoms with E-state index in [1.165, 1.54) is 5.56 Å². The van der Waals surface area contributed by atoms with Crippen LogP contribution in [0.5, 0.6) is 0 Å². The zero-order valence-corrected chi connectivity index (χ0v) is 10.3. The van der Waals surface area contributed by atoms with Gasteiger partial charge in [0, 0.05) is 17.1 Å². The molecule has 0 heterocycles. The number of aryl methyl sites for hydroxylation is 1. The van der Waals surface area contributed by atoms with Gasteiger partial charge in [0.15, 0.2) is 0 Å². The molecule has 0 aliphatic heterocycles. The average Bonchev–Trinajstić information content (AvgIpc) is 2.36. The van der Waals surface area contributed by atoms with E-state index in [1.54, 1.807) is 0 Å². The Kier molecular flexibility index (Phi) is 3.49. The third-order valence-corrected chi connectivity index (χ3v) is 2.84. The van der Waals surface area contributed by atoms with Gasteiger partial charge in [-0.05, 0) is 42.3 Å². The summed E-state index contributed by atoms with van der Waals surface area (Å²) in [6.45, 7) is 2.05. The van der Waals surface area contributed by atoms with Crippen molar-refractivity contribution in [3.8, 4) is 6.07 Å². The molecule has 3 nitrogen and oxygen atoms in total. The Morgan fingerprint density at radius 2 is 2.00 bits per heavy atom. The van der Waals surface area contributed by atoms with E-state index in [9.17, 15) is 0 Å². The highest BCUT2D eigenvalue weighted by Crippen LogP contribution is 2.23. The Bertz CT molecular complexity index is 597. The van der Waals surface area contributed by atoms with Gasteiger partial charge in [0.1, 0.15) is 0 Å². The van der Waals surface area contributed by atoms with Crippen LogP contribution in [0.15, 0.2) is 42.5 Å². The molecule has 0 radical (unpaired) electrons. The van der Waals surface area contributed by atoms with Crippen molar-refractivity contribution in [1.29, 1.82) is 5.26 Å². The highest BCUT2D eigenvalue weighted by Gasteiger charge is 2.02. The largest absolute Gasteiger partial charge is 0.398 e. The van der Waals surface area contributed by atoms with Gasteiger partial charge in [-0.2, -0.15) is 5.26 Å². The van der Waals surface area contributed by atoms with Crippen LogP contribution in [-0.4, -0.2) is 0 Å². The van der Waals surface area contributed by atoms with Crippen LogP contribution in [0, 0.1) is 18.3 Å². The zero-order chi connectivity index (χ0) is 13.0. The summed E-state index contributed by atoms with van der Waals surface area (Å²) in [5, 5.41) is 12.1. The molecule has 3 heteroatoms. The smallest absolute Gasteiger partial charge is 0.0670 e. The lowest BCUT2D eigenvalue weighted by Gasteiger charge is -2.11. The number of nitrogens with one attached hydrogen (secondary N) is 1. The lowest BCUT2D eigenvalue weighted by atomic mass is 10.1. The number of nitrogen functional groups attached to an aromatic ring is 1. The molecular formula is C15H15N3. The molecule has 0 aliphatic carbocycles. The summed E-state index contributed by atoms with van der Waals surface area (Å²) in [7, 11) is 0. The van der Waals surface area contributed by atoms with Crippen LogP contribution in [0.2, 0.25) is 0 Å². The summed E-state index contributed by atoms with van der Waals surface area (Å²) in [5.41, 5.74) is 10.5. The second kappa shape index (κ2) is 5.24. The van der Waals surface area contributed by atoms with Crippen LogP contribution < -0.4 is 11.1 Å². The molecular weight excluding hydrogens is 222 g/mol. The van der Waals surface area contributed by atoms with E-state index in [0.717, 1.165) is 16.9 Å². The highest BCUT2D eigenvalue weighted by molar-refractivity contribution is 5.66. The third kappa shape index (κ3) is 2.61. The van der Waals surface area contributed by atoms with E-state index < -0.39 is 0 Å². The van der Waals surface area contributed by atoms with Gasteiger partial charge in [-0.25, -0.2) is 0 Å². The van der Waals surface area contributed by atoms with Crippen LogP contribution in [0.1, 0.15) is 11.1 Å². The quantitative estimate of drug-likeness (QED) is 0.804. The normalized spacial score (nSPS) is 9.78. The number of nitrogens with zero attached hydrogens (tertiary/aromatic N) is 1. The zero-order valence-electron chi connectivity index (χ0n) is 10.3. The highest BCUT2D eigenvalue weighted by atomic mass is 14.9. The monoisotopic (exact) mass is 237 g/mol. The van der Waals surface area contributed by atoms with Gasteiger partial charge in [0.05, 0.1) is 12.5 Å². The fourth-order valence-corrected chi connectivity index (χ4v) is 1.79. The van der Waals surface area contributed by atoms with E-state index in [-0.39, 0.29) is 0 Å². The van der Waals surface area contributed by atoms with Crippen LogP contribution in [0.25, 0.3) is 0 Å². The molecule has 2 aromatic carbocycles. The van der Waals surface area contributed by atoms with Crippen LogP contribution in [0.4, 0.5) is 17.1 Å². The number of nitriles is 1. The van der Waals surface area contributed by atoms with Crippen molar-refractivity contribution >= 4 is 17.1 Å².